The van der Waals surface area contributed by atoms with Crippen molar-refractivity contribution in [1.82, 2.24) is 9.80 Å². The highest BCUT2D eigenvalue weighted by Crippen LogP contribution is 2.43. The van der Waals surface area contributed by atoms with E-state index < -0.39 is 5.41 Å². The van der Waals surface area contributed by atoms with Gasteiger partial charge in [-0.3, -0.25) is 24.1 Å². The lowest BCUT2D eigenvalue weighted by molar-refractivity contribution is -0.151. The average molecular weight is 471 g/mol. The number of likely N-dealkylation sites (tertiary alicyclic amines) is 2. The maximum absolute atomic E-state index is 13.9. The number of piperidine rings is 1. The summed E-state index contributed by atoms with van der Waals surface area (Å²) in [6, 6.07) is 7.05. The predicted octanol–water partition coefficient (Wildman–Crippen LogP) is 2.83. The summed E-state index contributed by atoms with van der Waals surface area (Å²) in [4.78, 5) is 55.6. The molecule has 1 aromatic rings. The Morgan fingerprint density at radius 3 is 2.26 bits per heavy atom. The normalized spacial score (nSPS) is 24.1. The Morgan fingerprint density at radius 2 is 1.68 bits per heavy atom. The van der Waals surface area contributed by atoms with Crippen LogP contribution in [0.4, 0.5) is 0 Å². The van der Waals surface area contributed by atoms with E-state index in [2.05, 4.69) is 0 Å². The molecule has 0 aromatic heterocycles. The van der Waals surface area contributed by atoms with Gasteiger partial charge in [0.05, 0.1) is 25.0 Å². The van der Waals surface area contributed by atoms with Gasteiger partial charge in [0.15, 0.2) is 0 Å². The minimum absolute atomic E-state index is 0.000304. The zero-order valence-electron chi connectivity index (χ0n) is 20.1. The van der Waals surface area contributed by atoms with Crippen molar-refractivity contribution in [2.75, 3.05) is 26.8 Å². The predicted molar refractivity (Wildman–Crippen MR) is 124 cm³/mol. The van der Waals surface area contributed by atoms with Gasteiger partial charge in [0.1, 0.15) is 5.75 Å². The van der Waals surface area contributed by atoms with Gasteiger partial charge in [-0.25, -0.2) is 0 Å². The molecule has 0 radical (unpaired) electrons. The quantitative estimate of drug-likeness (QED) is 0.449. The molecular weight excluding hydrogens is 436 g/mol. The van der Waals surface area contributed by atoms with Crippen LogP contribution < -0.4 is 4.74 Å². The van der Waals surface area contributed by atoms with Crippen LogP contribution in [0, 0.1) is 5.92 Å². The van der Waals surface area contributed by atoms with Crippen molar-refractivity contribution in [3.05, 3.63) is 29.8 Å². The molecule has 3 fully saturated rings. The van der Waals surface area contributed by atoms with Crippen LogP contribution in [0.15, 0.2) is 24.3 Å². The number of hydrogen-bond donors (Lipinski definition) is 0. The topological polar surface area (TPSA) is 93.2 Å². The number of carbonyl (C=O) groups excluding carboxylic acids is 4. The van der Waals surface area contributed by atoms with Crippen molar-refractivity contribution in [2.45, 2.75) is 69.7 Å². The third-order valence-electron chi connectivity index (χ3n) is 7.60. The molecule has 0 N–H and O–H groups in total. The van der Waals surface area contributed by atoms with E-state index in [0.717, 1.165) is 25.7 Å². The molecule has 0 spiro atoms. The summed E-state index contributed by atoms with van der Waals surface area (Å²) in [5.41, 5.74) is -0.539. The van der Waals surface area contributed by atoms with Crippen LogP contribution in [0.3, 0.4) is 0 Å². The van der Waals surface area contributed by atoms with E-state index in [0.29, 0.717) is 43.9 Å². The number of amides is 3. The highest BCUT2D eigenvalue weighted by atomic mass is 16.5. The van der Waals surface area contributed by atoms with Crippen molar-refractivity contribution in [2.24, 2.45) is 5.92 Å². The number of esters is 1. The maximum Gasteiger partial charge on any atom is 0.309 e. The average Bonchev–Trinajstić information content (AvgIpc) is 3.46. The monoisotopic (exact) mass is 470 g/mol. The smallest absolute Gasteiger partial charge is 0.309 e. The third kappa shape index (κ3) is 4.55. The maximum atomic E-state index is 13.9. The molecule has 1 saturated carbocycles. The fraction of sp³-hybridized carbons (Fsp3) is 0.615. The van der Waals surface area contributed by atoms with E-state index in [1.165, 1.54) is 4.90 Å². The molecule has 2 aliphatic heterocycles. The molecule has 2 heterocycles. The van der Waals surface area contributed by atoms with Crippen molar-refractivity contribution in [1.29, 1.82) is 0 Å². The second-order valence-corrected chi connectivity index (χ2v) is 9.58. The molecule has 1 unspecified atom stereocenters. The Morgan fingerprint density at radius 1 is 1.03 bits per heavy atom. The molecule has 0 bridgehead atoms. The molecule has 8 heteroatoms. The summed E-state index contributed by atoms with van der Waals surface area (Å²) in [7, 11) is 1.57. The van der Waals surface area contributed by atoms with Gasteiger partial charge in [-0.15, -0.1) is 0 Å². The standard InChI is InChI=1S/C26H34N2O6/c1-3-34-24(31)18-12-14-27(15-13-18)22(29)16-26(19-8-10-21(33-2)11-9-19)17-23(30)28(25(26)32)20-6-4-5-7-20/h8-11,18,20H,3-7,12-17H2,1-2H3. The van der Waals surface area contributed by atoms with Gasteiger partial charge < -0.3 is 14.4 Å². The van der Waals surface area contributed by atoms with Crippen molar-refractivity contribution in [3.63, 3.8) is 0 Å². The molecular formula is C26H34N2O6. The SMILES string of the molecule is CCOC(=O)C1CCN(C(=O)CC2(c3ccc(OC)cc3)CC(=O)N(C3CCCC3)C2=O)CC1. The molecule has 3 amide bonds. The first-order valence-corrected chi connectivity index (χ1v) is 12.3. The summed E-state index contributed by atoms with van der Waals surface area (Å²) in [6.45, 7) is 3.00. The highest BCUT2D eigenvalue weighted by Gasteiger charge is 2.56. The number of hydrogen-bond acceptors (Lipinski definition) is 6. The zero-order valence-corrected chi connectivity index (χ0v) is 20.1. The Bertz CT molecular complexity index is 931. The number of benzene rings is 1. The number of ether oxygens (including phenoxy) is 2. The van der Waals surface area contributed by atoms with Gasteiger partial charge >= 0.3 is 5.97 Å². The molecule has 1 aromatic carbocycles. The summed E-state index contributed by atoms with van der Waals surface area (Å²) in [5.74, 6) is -0.380. The van der Waals surface area contributed by atoms with E-state index in [-0.39, 0.29) is 48.5 Å². The van der Waals surface area contributed by atoms with E-state index in [1.807, 2.05) is 0 Å². The van der Waals surface area contributed by atoms with Crippen LogP contribution in [0.2, 0.25) is 0 Å². The Kier molecular flexibility index (Phi) is 7.24. The molecule has 2 saturated heterocycles. The van der Waals surface area contributed by atoms with Gasteiger partial charge in [0.2, 0.25) is 17.7 Å². The minimum Gasteiger partial charge on any atom is -0.497 e. The summed E-state index contributed by atoms with van der Waals surface area (Å²) in [6.07, 6.45) is 4.69. The first-order valence-electron chi connectivity index (χ1n) is 12.3. The number of methoxy groups -OCH3 is 1. The van der Waals surface area contributed by atoms with Crippen LogP contribution in [-0.4, -0.2) is 66.3 Å². The molecule has 3 aliphatic rings. The lowest BCUT2D eigenvalue weighted by Gasteiger charge is -2.34. The van der Waals surface area contributed by atoms with Crippen LogP contribution >= 0.6 is 0 Å². The van der Waals surface area contributed by atoms with Gasteiger partial charge in [0, 0.05) is 32.0 Å². The van der Waals surface area contributed by atoms with Gasteiger partial charge in [-0.05, 0) is 50.3 Å². The van der Waals surface area contributed by atoms with Gasteiger partial charge in [-0.1, -0.05) is 25.0 Å². The Labute approximate surface area is 200 Å². The van der Waals surface area contributed by atoms with E-state index in [1.54, 1.807) is 43.2 Å². The molecule has 34 heavy (non-hydrogen) atoms. The highest BCUT2D eigenvalue weighted by molar-refractivity contribution is 6.11. The first-order chi connectivity index (χ1) is 16.4. The van der Waals surface area contributed by atoms with Crippen molar-refractivity contribution >= 4 is 23.7 Å². The van der Waals surface area contributed by atoms with Gasteiger partial charge in [-0.2, -0.15) is 0 Å². The Hall–Kier alpha value is -2.90. The molecule has 1 aliphatic carbocycles. The lowest BCUT2D eigenvalue weighted by Crippen LogP contribution is -2.47. The lowest BCUT2D eigenvalue weighted by atomic mass is 9.75. The zero-order chi connectivity index (χ0) is 24.3. The first kappa shape index (κ1) is 24.2. The van der Waals surface area contributed by atoms with E-state index in [4.69, 9.17) is 9.47 Å². The van der Waals surface area contributed by atoms with Crippen molar-refractivity contribution in [3.8, 4) is 5.75 Å². The van der Waals surface area contributed by atoms with E-state index in [9.17, 15) is 19.2 Å². The molecule has 4 rings (SSSR count). The number of imide groups is 1. The van der Waals surface area contributed by atoms with Crippen LogP contribution in [0.5, 0.6) is 5.75 Å². The fourth-order valence-electron chi connectivity index (χ4n) is 5.67. The minimum atomic E-state index is -1.21. The van der Waals surface area contributed by atoms with E-state index >= 15 is 0 Å². The fourth-order valence-corrected chi connectivity index (χ4v) is 5.67. The number of rotatable bonds is 7. The summed E-state index contributed by atoms with van der Waals surface area (Å²) in [5, 5.41) is 0. The summed E-state index contributed by atoms with van der Waals surface area (Å²) < 4.78 is 10.4. The van der Waals surface area contributed by atoms with Crippen LogP contribution in [0.25, 0.3) is 0 Å². The third-order valence-corrected chi connectivity index (χ3v) is 7.60. The summed E-state index contributed by atoms with van der Waals surface area (Å²) >= 11 is 0. The largest absolute Gasteiger partial charge is 0.497 e. The number of carbonyl (C=O) groups is 4. The van der Waals surface area contributed by atoms with Crippen LogP contribution in [-0.2, 0) is 29.3 Å². The molecule has 184 valence electrons. The second-order valence-electron chi connectivity index (χ2n) is 9.58. The van der Waals surface area contributed by atoms with Crippen LogP contribution in [0.1, 0.15) is 63.9 Å². The second kappa shape index (κ2) is 10.2. The Balaban J connectivity index is 1.56. The van der Waals surface area contributed by atoms with Gasteiger partial charge in [0.25, 0.3) is 0 Å². The molecule has 1 atom stereocenters. The van der Waals surface area contributed by atoms with Crippen molar-refractivity contribution < 1.29 is 28.7 Å². The molecule has 8 nitrogen and oxygen atoms in total. The number of nitrogens with zero attached hydrogens (tertiary/aromatic N) is 2.